The molecular weight excluding hydrogens is 178 g/mol. The smallest absolute Gasteiger partial charge is 0.257 e. The zero-order valence-electron chi connectivity index (χ0n) is 7.82. The minimum Gasteiger partial charge on any atom is -0.287 e. The van der Waals surface area contributed by atoms with Crippen LogP contribution in [0.15, 0.2) is 30.5 Å². The number of amides is 1. The van der Waals surface area contributed by atoms with E-state index in [1.54, 1.807) is 6.20 Å². The monoisotopic (exact) mass is 189 g/mol. The van der Waals surface area contributed by atoms with Gasteiger partial charge in [0.2, 0.25) is 0 Å². The molecule has 0 saturated carbocycles. The predicted molar refractivity (Wildman–Crippen MR) is 52.1 cm³/mol. The first-order valence-corrected chi connectivity index (χ1v) is 4.42. The summed E-state index contributed by atoms with van der Waals surface area (Å²) in [6.07, 6.45) is 5.10. The maximum Gasteiger partial charge on any atom is 0.257 e. The van der Waals surface area contributed by atoms with E-state index in [0.717, 1.165) is 11.3 Å². The third-order valence-corrected chi connectivity index (χ3v) is 2.17. The lowest BCUT2D eigenvalue weighted by molar-refractivity contribution is -0.118. The van der Waals surface area contributed by atoms with Crippen molar-refractivity contribution in [1.82, 2.24) is 15.8 Å². The van der Waals surface area contributed by atoms with Crippen molar-refractivity contribution in [3.05, 3.63) is 41.7 Å². The van der Waals surface area contributed by atoms with E-state index in [1.165, 1.54) is 6.08 Å². The number of pyridine rings is 1. The van der Waals surface area contributed by atoms with Crippen LogP contribution in [0, 0.1) is 6.92 Å². The Morgan fingerprint density at radius 3 is 3.00 bits per heavy atom. The van der Waals surface area contributed by atoms with E-state index in [9.17, 15) is 4.79 Å². The third kappa shape index (κ3) is 1.65. The third-order valence-electron chi connectivity index (χ3n) is 2.17. The van der Waals surface area contributed by atoms with E-state index < -0.39 is 0 Å². The van der Waals surface area contributed by atoms with Gasteiger partial charge >= 0.3 is 0 Å². The highest BCUT2D eigenvalue weighted by atomic mass is 16.2. The van der Waals surface area contributed by atoms with E-state index in [4.69, 9.17) is 0 Å². The molecule has 14 heavy (non-hydrogen) atoms. The fourth-order valence-electron chi connectivity index (χ4n) is 1.43. The van der Waals surface area contributed by atoms with Gasteiger partial charge in [-0.05, 0) is 18.6 Å². The molecule has 0 fully saturated rings. The quantitative estimate of drug-likeness (QED) is 0.681. The Kier molecular flexibility index (Phi) is 2.28. The zero-order chi connectivity index (χ0) is 9.97. The Bertz CT molecular complexity index is 387. The average Bonchev–Trinajstić information content (AvgIpc) is 2.20. The molecule has 72 valence electrons. The molecule has 0 aromatic carbocycles. The molecular formula is C10H11N3O. The van der Waals surface area contributed by atoms with Crippen LogP contribution in [0.4, 0.5) is 0 Å². The molecule has 0 aliphatic carbocycles. The van der Waals surface area contributed by atoms with Crippen LogP contribution < -0.4 is 10.9 Å². The van der Waals surface area contributed by atoms with Crippen molar-refractivity contribution in [2.45, 2.75) is 13.0 Å². The topological polar surface area (TPSA) is 54.0 Å². The number of aromatic nitrogens is 1. The highest BCUT2D eigenvalue weighted by Gasteiger charge is 2.14. The average molecular weight is 189 g/mol. The number of aryl methyl sites for hydroxylation is 1. The standard InChI is InChI=1S/C10H11N3O/c1-7-8(3-2-6-11-7)9-4-5-10(14)13-12-9/h2-6,9,12H,1H3,(H,13,14). The van der Waals surface area contributed by atoms with Crippen molar-refractivity contribution in [3.8, 4) is 0 Å². The van der Waals surface area contributed by atoms with Crippen molar-refractivity contribution in [2.24, 2.45) is 0 Å². The van der Waals surface area contributed by atoms with Gasteiger partial charge in [0.25, 0.3) is 5.91 Å². The van der Waals surface area contributed by atoms with Crippen LogP contribution in [0.1, 0.15) is 17.3 Å². The predicted octanol–water partition coefficient (Wildman–Crippen LogP) is 0.622. The van der Waals surface area contributed by atoms with Crippen LogP contribution in [0.25, 0.3) is 0 Å². The Morgan fingerprint density at radius 2 is 2.36 bits per heavy atom. The van der Waals surface area contributed by atoms with Gasteiger partial charge in [0.1, 0.15) is 0 Å². The minimum atomic E-state index is -0.122. The fourth-order valence-corrected chi connectivity index (χ4v) is 1.43. The van der Waals surface area contributed by atoms with E-state index >= 15 is 0 Å². The van der Waals surface area contributed by atoms with Gasteiger partial charge in [0.15, 0.2) is 0 Å². The fraction of sp³-hybridized carbons (Fsp3) is 0.200. The molecule has 1 atom stereocenters. The van der Waals surface area contributed by atoms with Crippen molar-refractivity contribution >= 4 is 5.91 Å². The van der Waals surface area contributed by atoms with Crippen molar-refractivity contribution < 1.29 is 4.79 Å². The summed E-state index contributed by atoms with van der Waals surface area (Å²) in [5.74, 6) is -0.122. The molecule has 1 aliphatic rings. The molecule has 1 aromatic rings. The summed E-state index contributed by atoms with van der Waals surface area (Å²) in [5, 5.41) is 0. The zero-order valence-corrected chi connectivity index (χ0v) is 7.82. The summed E-state index contributed by atoms with van der Waals surface area (Å²) in [4.78, 5) is 15.0. The number of rotatable bonds is 1. The second-order valence-electron chi connectivity index (χ2n) is 3.15. The van der Waals surface area contributed by atoms with E-state index in [1.807, 2.05) is 25.1 Å². The lowest BCUT2D eigenvalue weighted by atomic mass is 10.1. The lowest BCUT2D eigenvalue weighted by Gasteiger charge is -2.20. The number of nitrogens with one attached hydrogen (secondary N) is 2. The van der Waals surface area contributed by atoms with E-state index in [0.29, 0.717) is 0 Å². The number of carbonyl (C=O) groups is 1. The van der Waals surface area contributed by atoms with E-state index in [-0.39, 0.29) is 11.9 Å². The maximum absolute atomic E-state index is 10.8. The van der Waals surface area contributed by atoms with Crippen LogP contribution in [-0.4, -0.2) is 10.9 Å². The SMILES string of the molecule is Cc1ncccc1C1C=CC(=O)NN1. The molecule has 4 heteroatoms. The summed E-state index contributed by atoms with van der Waals surface area (Å²) in [5.41, 5.74) is 7.49. The first-order valence-electron chi connectivity index (χ1n) is 4.42. The van der Waals surface area contributed by atoms with Gasteiger partial charge in [0, 0.05) is 18.0 Å². The normalized spacial score (nSPS) is 20.6. The highest BCUT2D eigenvalue weighted by Crippen LogP contribution is 2.17. The van der Waals surface area contributed by atoms with Crippen molar-refractivity contribution in [2.75, 3.05) is 0 Å². The first kappa shape index (κ1) is 8.90. The second kappa shape index (κ2) is 3.59. The Hall–Kier alpha value is -1.68. The van der Waals surface area contributed by atoms with Crippen molar-refractivity contribution in [1.29, 1.82) is 0 Å². The molecule has 4 nitrogen and oxygen atoms in total. The summed E-state index contributed by atoms with van der Waals surface area (Å²) in [6, 6.07) is 3.89. The van der Waals surface area contributed by atoms with Gasteiger partial charge < -0.3 is 0 Å². The molecule has 1 aromatic heterocycles. The Labute approximate surface area is 82.0 Å². The largest absolute Gasteiger partial charge is 0.287 e. The van der Waals surface area contributed by atoms with Crippen LogP contribution in [0.2, 0.25) is 0 Å². The summed E-state index contributed by atoms with van der Waals surface area (Å²) in [6.45, 7) is 1.95. The summed E-state index contributed by atoms with van der Waals surface area (Å²) < 4.78 is 0. The number of hydrazine groups is 1. The molecule has 2 heterocycles. The van der Waals surface area contributed by atoms with Crippen LogP contribution >= 0.6 is 0 Å². The highest BCUT2D eigenvalue weighted by molar-refractivity contribution is 5.88. The molecule has 0 spiro atoms. The second-order valence-corrected chi connectivity index (χ2v) is 3.15. The molecule has 2 rings (SSSR count). The van der Waals surface area contributed by atoms with Gasteiger partial charge in [-0.25, -0.2) is 5.43 Å². The minimum absolute atomic E-state index is 0.0152. The number of nitrogens with zero attached hydrogens (tertiary/aromatic N) is 1. The number of hydrogen-bond acceptors (Lipinski definition) is 3. The molecule has 0 bridgehead atoms. The van der Waals surface area contributed by atoms with Gasteiger partial charge in [0.05, 0.1) is 6.04 Å². The Balaban J connectivity index is 2.28. The number of carbonyl (C=O) groups excluding carboxylic acids is 1. The molecule has 1 aliphatic heterocycles. The van der Waals surface area contributed by atoms with Gasteiger partial charge in [-0.15, -0.1) is 0 Å². The van der Waals surface area contributed by atoms with Crippen LogP contribution in [0.3, 0.4) is 0 Å². The first-order chi connectivity index (χ1) is 6.77. The van der Waals surface area contributed by atoms with Gasteiger partial charge in [-0.1, -0.05) is 12.1 Å². The van der Waals surface area contributed by atoms with Gasteiger partial charge in [-0.3, -0.25) is 15.2 Å². The maximum atomic E-state index is 10.8. The summed E-state index contributed by atoms with van der Waals surface area (Å²) in [7, 11) is 0. The lowest BCUT2D eigenvalue weighted by Crippen LogP contribution is -2.41. The van der Waals surface area contributed by atoms with Crippen LogP contribution in [0.5, 0.6) is 0 Å². The molecule has 1 amide bonds. The molecule has 2 N–H and O–H groups in total. The van der Waals surface area contributed by atoms with Crippen LogP contribution in [-0.2, 0) is 4.79 Å². The van der Waals surface area contributed by atoms with Crippen molar-refractivity contribution in [3.63, 3.8) is 0 Å². The molecule has 1 unspecified atom stereocenters. The van der Waals surface area contributed by atoms with E-state index in [2.05, 4.69) is 15.8 Å². The van der Waals surface area contributed by atoms with Gasteiger partial charge in [-0.2, -0.15) is 0 Å². The summed E-state index contributed by atoms with van der Waals surface area (Å²) >= 11 is 0. The molecule has 0 saturated heterocycles. The molecule has 0 radical (unpaired) electrons. The Morgan fingerprint density at radius 1 is 1.50 bits per heavy atom. The number of hydrogen-bond donors (Lipinski definition) is 2.